The van der Waals surface area contributed by atoms with E-state index in [2.05, 4.69) is 50.8 Å². The van der Waals surface area contributed by atoms with Crippen LogP contribution in [0.1, 0.15) is 49.1 Å². The third kappa shape index (κ3) is 6.71. The summed E-state index contributed by atoms with van der Waals surface area (Å²) in [5.74, 6) is -0.0248. The fraction of sp³-hybridized carbons (Fsp3) is 0.562. The molecule has 2 atom stereocenters. The summed E-state index contributed by atoms with van der Waals surface area (Å²) in [6.07, 6.45) is 6.29. The summed E-state index contributed by atoms with van der Waals surface area (Å²) in [6.45, 7) is 6.49. The number of halogens is 1. The number of carbonyl (C=O) groups excluding carboxylic acids is 2. The molecule has 2 heterocycles. The van der Waals surface area contributed by atoms with Crippen molar-refractivity contribution in [2.75, 3.05) is 59.4 Å². The van der Waals surface area contributed by atoms with E-state index < -0.39 is 0 Å². The maximum atomic E-state index is 14.0. The standard InChI is InChI=1S/C32H44ClN5O2/c1-34-21-30(39)37-22-28(26-10-12-27(33)13-11-26)29(23-37)31(40)36-16-18-38(19-17-36)32(14-6-3-7-15-32)24-35-20-25-8-4-2-5-9-25/h2,4-5,8-13,28-29,34-35H,3,6-7,14-24H2,1H3/t28-,29+/m1/s1. The maximum absolute atomic E-state index is 14.0. The van der Waals surface area contributed by atoms with Gasteiger partial charge in [-0.3, -0.25) is 14.5 Å². The normalized spacial score (nSPS) is 23.4. The Kier molecular flexibility index (Phi) is 9.79. The predicted octanol–water partition coefficient (Wildman–Crippen LogP) is 3.74. The second-order valence-electron chi connectivity index (χ2n) is 11.8. The smallest absolute Gasteiger partial charge is 0.236 e. The number of nitrogens with zero attached hydrogens (tertiary/aromatic N) is 3. The molecule has 2 aromatic carbocycles. The van der Waals surface area contributed by atoms with Gasteiger partial charge in [0.25, 0.3) is 0 Å². The first-order chi connectivity index (χ1) is 19.5. The first kappa shape index (κ1) is 29.1. The fourth-order valence-electron chi connectivity index (χ4n) is 7.05. The number of likely N-dealkylation sites (tertiary alicyclic amines) is 1. The molecule has 2 N–H and O–H groups in total. The van der Waals surface area contributed by atoms with E-state index in [1.165, 1.54) is 37.7 Å². The molecule has 2 aromatic rings. The van der Waals surface area contributed by atoms with Crippen molar-refractivity contribution in [1.29, 1.82) is 0 Å². The molecule has 216 valence electrons. The van der Waals surface area contributed by atoms with Crippen LogP contribution in [0, 0.1) is 5.92 Å². The largest absolute Gasteiger partial charge is 0.340 e. The molecule has 0 spiro atoms. The highest BCUT2D eigenvalue weighted by atomic mass is 35.5. The van der Waals surface area contributed by atoms with Crippen LogP contribution in [0.3, 0.4) is 0 Å². The number of hydrogen-bond donors (Lipinski definition) is 2. The molecule has 0 aromatic heterocycles. The van der Waals surface area contributed by atoms with Gasteiger partial charge in [0.2, 0.25) is 11.8 Å². The van der Waals surface area contributed by atoms with Crippen LogP contribution in [0.2, 0.25) is 5.02 Å². The second-order valence-corrected chi connectivity index (χ2v) is 12.2. The summed E-state index contributed by atoms with van der Waals surface area (Å²) in [6, 6.07) is 18.4. The topological polar surface area (TPSA) is 67.9 Å². The Morgan fingerprint density at radius 3 is 2.27 bits per heavy atom. The summed E-state index contributed by atoms with van der Waals surface area (Å²) < 4.78 is 0. The number of hydrogen-bond acceptors (Lipinski definition) is 5. The van der Waals surface area contributed by atoms with Crippen molar-refractivity contribution in [3.63, 3.8) is 0 Å². The van der Waals surface area contributed by atoms with Crippen LogP contribution in [-0.4, -0.2) is 91.5 Å². The van der Waals surface area contributed by atoms with Gasteiger partial charge in [-0.05, 0) is 43.1 Å². The van der Waals surface area contributed by atoms with Crippen LogP contribution >= 0.6 is 11.6 Å². The lowest BCUT2D eigenvalue weighted by Crippen LogP contribution is -2.62. The summed E-state index contributed by atoms with van der Waals surface area (Å²) >= 11 is 6.15. The van der Waals surface area contributed by atoms with Crippen molar-refractivity contribution in [3.05, 3.63) is 70.7 Å². The third-order valence-corrected chi connectivity index (χ3v) is 9.54. The van der Waals surface area contributed by atoms with Gasteiger partial charge in [0.15, 0.2) is 0 Å². The van der Waals surface area contributed by atoms with Crippen LogP contribution in [0.4, 0.5) is 0 Å². The molecule has 3 fully saturated rings. The van der Waals surface area contributed by atoms with Crippen LogP contribution in [-0.2, 0) is 16.1 Å². The molecule has 1 saturated carbocycles. The zero-order valence-corrected chi connectivity index (χ0v) is 24.5. The number of carbonyl (C=O) groups is 2. The molecule has 2 saturated heterocycles. The van der Waals surface area contributed by atoms with Crippen LogP contribution in [0.25, 0.3) is 0 Å². The minimum atomic E-state index is -0.232. The number of likely N-dealkylation sites (N-methyl/N-ethyl adjacent to an activating group) is 1. The Balaban J connectivity index is 1.23. The average molecular weight is 566 g/mol. The molecule has 7 nitrogen and oxygen atoms in total. The zero-order chi connectivity index (χ0) is 28.0. The zero-order valence-electron chi connectivity index (χ0n) is 23.8. The van der Waals surface area contributed by atoms with E-state index in [1.54, 1.807) is 7.05 Å². The number of piperazine rings is 1. The van der Waals surface area contributed by atoms with Crippen molar-refractivity contribution >= 4 is 23.4 Å². The summed E-state index contributed by atoms with van der Waals surface area (Å²) in [7, 11) is 1.78. The second kappa shape index (κ2) is 13.5. The van der Waals surface area contributed by atoms with E-state index in [4.69, 9.17) is 11.6 Å². The van der Waals surface area contributed by atoms with Gasteiger partial charge < -0.3 is 20.4 Å². The van der Waals surface area contributed by atoms with Crippen molar-refractivity contribution in [1.82, 2.24) is 25.3 Å². The van der Waals surface area contributed by atoms with E-state index in [1.807, 2.05) is 29.2 Å². The predicted molar refractivity (Wildman–Crippen MR) is 160 cm³/mol. The lowest BCUT2D eigenvalue weighted by atomic mass is 9.79. The quantitative estimate of drug-likeness (QED) is 0.485. The Morgan fingerprint density at radius 2 is 1.60 bits per heavy atom. The Bertz CT molecular complexity index is 1110. The molecule has 1 aliphatic carbocycles. The van der Waals surface area contributed by atoms with Gasteiger partial charge >= 0.3 is 0 Å². The van der Waals surface area contributed by atoms with E-state index in [0.29, 0.717) is 18.1 Å². The van der Waals surface area contributed by atoms with Crippen molar-refractivity contribution in [2.24, 2.45) is 5.92 Å². The fourth-order valence-corrected chi connectivity index (χ4v) is 7.18. The minimum absolute atomic E-state index is 0.0181. The van der Waals surface area contributed by atoms with E-state index in [0.717, 1.165) is 44.8 Å². The summed E-state index contributed by atoms with van der Waals surface area (Å²) in [5, 5.41) is 7.41. The summed E-state index contributed by atoms with van der Waals surface area (Å²) in [5.41, 5.74) is 2.56. The third-order valence-electron chi connectivity index (χ3n) is 9.29. The highest BCUT2D eigenvalue weighted by molar-refractivity contribution is 6.30. The monoisotopic (exact) mass is 565 g/mol. The lowest BCUT2D eigenvalue weighted by Gasteiger charge is -2.50. The van der Waals surface area contributed by atoms with Crippen molar-refractivity contribution < 1.29 is 9.59 Å². The van der Waals surface area contributed by atoms with Gasteiger partial charge in [-0.2, -0.15) is 0 Å². The number of rotatable bonds is 9. The molecular weight excluding hydrogens is 522 g/mol. The van der Waals surface area contributed by atoms with Gasteiger partial charge in [-0.1, -0.05) is 73.3 Å². The van der Waals surface area contributed by atoms with E-state index >= 15 is 0 Å². The molecule has 40 heavy (non-hydrogen) atoms. The highest BCUT2D eigenvalue weighted by Gasteiger charge is 2.44. The van der Waals surface area contributed by atoms with Crippen LogP contribution in [0.15, 0.2) is 54.6 Å². The van der Waals surface area contributed by atoms with Gasteiger partial charge in [0.05, 0.1) is 12.5 Å². The SMILES string of the molecule is CNCC(=O)N1C[C@H](C(=O)N2CCN(C3(CNCc4ccccc4)CCCCC3)CC2)[C@@H](c2ccc(Cl)cc2)C1. The Morgan fingerprint density at radius 1 is 0.900 bits per heavy atom. The van der Waals surface area contributed by atoms with Crippen LogP contribution in [0.5, 0.6) is 0 Å². The number of benzene rings is 2. The molecule has 0 bridgehead atoms. The number of nitrogens with one attached hydrogen (secondary N) is 2. The molecule has 2 aliphatic heterocycles. The highest BCUT2D eigenvalue weighted by Crippen LogP contribution is 2.37. The molecule has 0 radical (unpaired) electrons. The van der Waals surface area contributed by atoms with E-state index in [9.17, 15) is 9.59 Å². The summed E-state index contributed by atoms with van der Waals surface area (Å²) in [4.78, 5) is 33.3. The molecule has 3 aliphatic rings. The number of amides is 2. The molecule has 0 unspecified atom stereocenters. The Hall–Kier alpha value is -2.45. The first-order valence-electron chi connectivity index (χ1n) is 15.0. The Labute approximate surface area is 244 Å². The van der Waals surface area contributed by atoms with Crippen LogP contribution < -0.4 is 10.6 Å². The molecule has 8 heteroatoms. The van der Waals surface area contributed by atoms with Gasteiger partial charge in [-0.25, -0.2) is 0 Å². The maximum Gasteiger partial charge on any atom is 0.236 e. The minimum Gasteiger partial charge on any atom is -0.340 e. The average Bonchev–Trinajstić information content (AvgIpc) is 3.44. The van der Waals surface area contributed by atoms with Crippen molar-refractivity contribution in [2.45, 2.75) is 50.1 Å². The first-order valence-corrected chi connectivity index (χ1v) is 15.3. The van der Waals surface area contributed by atoms with Gasteiger partial charge in [0, 0.05) is 68.8 Å². The van der Waals surface area contributed by atoms with Crippen molar-refractivity contribution in [3.8, 4) is 0 Å². The van der Waals surface area contributed by atoms with Gasteiger partial charge in [-0.15, -0.1) is 0 Å². The van der Waals surface area contributed by atoms with Gasteiger partial charge in [0.1, 0.15) is 0 Å². The molecular formula is C32H44ClN5O2. The molecule has 5 rings (SSSR count). The lowest BCUT2D eigenvalue weighted by molar-refractivity contribution is -0.139. The van der Waals surface area contributed by atoms with E-state index in [-0.39, 0.29) is 35.7 Å². The molecule has 2 amide bonds.